The number of aryl methyl sites for hydroxylation is 2. The van der Waals surface area contributed by atoms with Crippen LogP contribution in [0.25, 0.3) is 0 Å². The molecule has 0 saturated heterocycles. The van der Waals surface area contributed by atoms with Crippen LogP contribution < -0.4 is 16.2 Å². The second-order valence-electron chi connectivity index (χ2n) is 7.43. The standard InChI is InChI=1S/C22H27N3O7/c1-4-5-8-23-19(29)16-18(28)17(20(30)24-10-15(26)27)22(32)25(21(16)31)11-14-7-6-12(2)9-13(14)3/h6-7,9,28,31H,4-5,8,10-11H2,1-3H3,(H,23,29)(H,24,30)(H,26,27). The van der Waals surface area contributed by atoms with Gasteiger partial charge < -0.3 is 26.0 Å². The maximum absolute atomic E-state index is 13.0. The predicted molar refractivity (Wildman–Crippen MR) is 116 cm³/mol. The number of aliphatic carboxylic acids is 1. The summed E-state index contributed by atoms with van der Waals surface area (Å²) in [4.78, 5) is 49.0. The summed E-state index contributed by atoms with van der Waals surface area (Å²) >= 11 is 0. The first kappa shape index (κ1) is 24.4. The molecule has 0 aliphatic carbocycles. The number of hydrogen-bond donors (Lipinski definition) is 5. The third-order valence-corrected chi connectivity index (χ3v) is 4.91. The molecule has 0 aliphatic rings. The van der Waals surface area contributed by atoms with Crippen LogP contribution in [0.1, 0.15) is 57.2 Å². The predicted octanol–water partition coefficient (Wildman–Crippen LogP) is 1.27. The number of carbonyl (C=O) groups is 3. The third-order valence-electron chi connectivity index (χ3n) is 4.91. The fourth-order valence-corrected chi connectivity index (χ4v) is 3.16. The summed E-state index contributed by atoms with van der Waals surface area (Å²) < 4.78 is 0.807. The zero-order valence-corrected chi connectivity index (χ0v) is 18.2. The molecular weight excluding hydrogens is 418 g/mol. The molecule has 0 bridgehead atoms. The molecule has 10 nitrogen and oxygen atoms in total. The van der Waals surface area contributed by atoms with E-state index in [4.69, 9.17) is 5.11 Å². The van der Waals surface area contributed by atoms with E-state index >= 15 is 0 Å². The van der Waals surface area contributed by atoms with Gasteiger partial charge in [-0.05, 0) is 31.4 Å². The van der Waals surface area contributed by atoms with Crippen LogP contribution in [0.5, 0.6) is 11.6 Å². The molecule has 5 N–H and O–H groups in total. The number of aromatic hydroxyl groups is 2. The number of carbonyl (C=O) groups excluding carboxylic acids is 2. The highest BCUT2D eigenvalue weighted by Gasteiger charge is 2.30. The zero-order chi connectivity index (χ0) is 24.0. The molecule has 1 heterocycles. The van der Waals surface area contributed by atoms with Crippen LogP contribution in [0, 0.1) is 13.8 Å². The van der Waals surface area contributed by atoms with Gasteiger partial charge in [0.05, 0.1) is 6.54 Å². The summed E-state index contributed by atoms with van der Waals surface area (Å²) in [5.41, 5.74) is -0.0743. The van der Waals surface area contributed by atoms with Crippen molar-refractivity contribution in [2.45, 2.75) is 40.2 Å². The molecule has 0 atom stereocenters. The van der Waals surface area contributed by atoms with Gasteiger partial charge in [-0.3, -0.25) is 23.7 Å². The number of pyridine rings is 1. The van der Waals surface area contributed by atoms with E-state index in [-0.39, 0.29) is 13.1 Å². The van der Waals surface area contributed by atoms with Crippen molar-refractivity contribution in [2.24, 2.45) is 0 Å². The fourth-order valence-electron chi connectivity index (χ4n) is 3.16. The summed E-state index contributed by atoms with van der Waals surface area (Å²) in [7, 11) is 0. The van der Waals surface area contributed by atoms with E-state index in [2.05, 4.69) is 5.32 Å². The van der Waals surface area contributed by atoms with Gasteiger partial charge in [0, 0.05) is 6.54 Å². The summed E-state index contributed by atoms with van der Waals surface area (Å²) in [6.45, 7) is 4.90. The maximum atomic E-state index is 13.0. The molecule has 0 fully saturated rings. The van der Waals surface area contributed by atoms with Gasteiger partial charge in [-0.2, -0.15) is 0 Å². The molecule has 10 heteroatoms. The lowest BCUT2D eigenvalue weighted by molar-refractivity contribution is -0.135. The quantitative estimate of drug-likeness (QED) is 0.364. The Hall–Kier alpha value is -3.82. The van der Waals surface area contributed by atoms with Gasteiger partial charge in [0.25, 0.3) is 17.4 Å². The summed E-state index contributed by atoms with van der Waals surface area (Å²) in [6.07, 6.45) is 1.43. The van der Waals surface area contributed by atoms with E-state index in [0.717, 1.165) is 22.1 Å². The highest BCUT2D eigenvalue weighted by Crippen LogP contribution is 2.29. The van der Waals surface area contributed by atoms with Crippen molar-refractivity contribution in [3.8, 4) is 11.6 Å². The number of hydrogen-bond acceptors (Lipinski definition) is 6. The summed E-state index contributed by atoms with van der Waals surface area (Å²) in [5, 5.41) is 34.6. The summed E-state index contributed by atoms with van der Waals surface area (Å²) in [6, 6.07) is 5.43. The number of unbranched alkanes of at least 4 members (excludes halogenated alkanes) is 1. The molecule has 2 aromatic rings. The molecule has 172 valence electrons. The zero-order valence-electron chi connectivity index (χ0n) is 18.2. The molecule has 0 unspecified atom stereocenters. The van der Waals surface area contributed by atoms with Gasteiger partial charge in [-0.25, -0.2) is 0 Å². The van der Waals surface area contributed by atoms with E-state index in [1.807, 2.05) is 38.2 Å². The SMILES string of the molecule is CCCCNC(=O)c1c(O)c(C(=O)NCC(=O)O)c(=O)n(Cc2ccc(C)cc2C)c1O. The number of amides is 2. The topological polar surface area (TPSA) is 158 Å². The van der Waals surface area contributed by atoms with Crippen LogP contribution >= 0.6 is 0 Å². The number of benzene rings is 1. The molecule has 0 radical (unpaired) electrons. The van der Waals surface area contributed by atoms with Crippen molar-refractivity contribution in [1.29, 1.82) is 0 Å². The van der Waals surface area contributed by atoms with Crippen molar-refractivity contribution >= 4 is 17.8 Å². The molecule has 32 heavy (non-hydrogen) atoms. The highest BCUT2D eigenvalue weighted by atomic mass is 16.4. The highest BCUT2D eigenvalue weighted by molar-refractivity contribution is 6.05. The van der Waals surface area contributed by atoms with Gasteiger partial charge in [0.2, 0.25) is 5.88 Å². The van der Waals surface area contributed by atoms with Crippen LogP contribution in [-0.4, -0.2) is 50.8 Å². The first-order valence-corrected chi connectivity index (χ1v) is 10.1. The monoisotopic (exact) mass is 445 g/mol. The first-order valence-electron chi connectivity index (χ1n) is 10.1. The lowest BCUT2D eigenvalue weighted by Crippen LogP contribution is -2.37. The average Bonchev–Trinajstić information content (AvgIpc) is 2.71. The van der Waals surface area contributed by atoms with Crippen LogP contribution in [0.15, 0.2) is 23.0 Å². The van der Waals surface area contributed by atoms with Gasteiger partial charge >= 0.3 is 5.97 Å². The van der Waals surface area contributed by atoms with Crippen molar-refractivity contribution in [3.63, 3.8) is 0 Å². The van der Waals surface area contributed by atoms with E-state index < -0.39 is 52.6 Å². The Morgan fingerprint density at radius 3 is 2.28 bits per heavy atom. The number of nitrogens with zero attached hydrogens (tertiary/aromatic N) is 1. The van der Waals surface area contributed by atoms with Gasteiger partial charge in [0.15, 0.2) is 5.75 Å². The Bertz CT molecular complexity index is 1110. The van der Waals surface area contributed by atoms with Crippen LogP contribution in [0.4, 0.5) is 0 Å². The average molecular weight is 445 g/mol. The molecule has 0 aliphatic heterocycles. The Morgan fingerprint density at radius 1 is 1.03 bits per heavy atom. The Balaban J connectivity index is 2.65. The van der Waals surface area contributed by atoms with Crippen LogP contribution in [-0.2, 0) is 11.3 Å². The second kappa shape index (κ2) is 10.5. The number of rotatable bonds is 9. The van der Waals surface area contributed by atoms with E-state index in [1.165, 1.54) is 0 Å². The third kappa shape index (κ3) is 5.45. The first-order chi connectivity index (χ1) is 15.1. The minimum absolute atomic E-state index is 0.175. The number of nitrogens with one attached hydrogen (secondary N) is 2. The fraction of sp³-hybridized carbons (Fsp3) is 0.364. The Morgan fingerprint density at radius 2 is 1.69 bits per heavy atom. The molecule has 1 aromatic carbocycles. The number of aromatic nitrogens is 1. The van der Waals surface area contributed by atoms with E-state index in [0.29, 0.717) is 12.0 Å². The van der Waals surface area contributed by atoms with Gasteiger partial charge in [0.1, 0.15) is 17.7 Å². The van der Waals surface area contributed by atoms with Crippen molar-refractivity contribution < 1.29 is 29.7 Å². The minimum atomic E-state index is -1.36. The van der Waals surface area contributed by atoms with Crippen LogP contribution in [0.2, 0.25) is 0 Å². The lowest BCUT2D eigenvalue weighted by atomic mass is 10.0. The molecule has 2 amide bonds. The molecule has 0 spiro atoms. The molecule has 2 rings (SSSR count). The van der Waals surface area contributed by atoms with Crippen molar-refractivity contribution in [3.05, 3.63) is 56.4 Å². The number of carboxylic acids is 1. The lowest BCUT2D eigenvalue weighted by Gasteiger charge is -2.17. The van der Waals surface area contributed by atoms with Crippen molar-refractivity contribution in [1.82, 2.24) is 15.2 Å². The molecular formula is C22H27N3O7. The Labute approximate surface area is 184 Å². The minimum Gasteiger partial charge on any atom is -0.506 e. The number of carboxylic acid groups (broad SMARTS) is 1. The van der Waals surface area contributed by atoms with Gasteiger partial charge in [-0.1, -0.05) is 37.1 Å². The summed E-state index contributed by atoms with van der Waals surface area (Å²) in [5.74, 6) is -5.20. The second-order valence-corrected chi connectivity index (χ2v) is 7.43. The van der Waals surface area contributed by atoms with Gasteiger partial charge in [-0.15, -0.1) is 0 Å². The van der Waals surface area contributed by atoms with E-state index in [9.17, 15) is 29.4 Å². The molecule has 1 aromatic heterocycles. The molecule has 0 saturated carbocycles. The normalized spacial score (nSPS) is 10.6. The Kier molecular flexibility index (Phi) is 8.00. The van der Waals surface area contributed by atoms with E-state index in [1.54, 1.807) is 6.07 Å². The van der Waals surface area contributed by atoms with Crippen LogP contribution in [0.3, 0.4) is 0 Å². The largest absolute Gasteiger partial charge is 0.506 e. The maximum Gasteiger partial charge on any atom is 0.322 e. The smallest absolute Gasteiger partial charge is 0.322 e. The van der Waals surface area contributed by atoms with Crippen molar-refractivity contribution in [2.75, 3.05) is 13.1 Å².